The average Bonchev–Trinajstić information content (AvgIpc) is 2.17. The van der Waals surface area contributed by atoms with Crippen molar-refractivity contribution in [1.82, 2.24) is 4.98 Å². The summed E-state index contributed by atoms with van der Waals surface area (Å²) in [4.78, 5) is 4.03. The standard InChI is InChI=1S/C8H7N3O/c9-4-6-3-7-8(11-5-6)10-1-2-12-7/h3,5H,1-2H2,(H,10,11). The van der Waals surface area contributed by atoms with Gasteiger partial charge in [0.2, 0.25) is 0 Å². The molecule has 2 heterocycles. The van der Waals surface area contributed by atoms with Crippen LogP contribution in [-0.2, 0) is 0 Å². The van der Waals surface area contributed by atoms with Crippen molar-refractivity contribution in [3.8, 4) is 11.8 Å². The van der Waals surface area contributed by atoms with Gasteiger partial charge in [0.15, 0.2) is 11.6 Å². The quantitative estimate of drug-likeness (QED) is 0.610. The zero-order valence-corrected chi connectivity index (χ0v) is 6.37. The maximum Gasteiger partial charge on any atom is 0.168 e. The molecule has 0 atom stereocenters. The van der Waals surface area contributed by atoms with Crippen molar-refractivity contribution in [3.05, 3.63) is 17.8 Å². The summed E-state index contributed by atoms with van der Waals surface area (Å²) in [6.45, 7) is 1.40. The summed E-state index contributed by atoms with van der Waals surface area (Å²) < 4.78 is 5.29. The third-order valence-electron chi connectivity index (χ3n) is 1.63. The minimum absolute atomic E-state index is 0.525. The van der Waals surface area contributed by atoms with Gasteiger partial charge in [0.25, 0.3) is 0 Å². The van der Waals surface area contributed by atoms with Crippen LogP contribution in [0.4, 0.5) is 5.82 Å². The topological polar surface area (TPSA) is 57.9 Å². The van der Waals surface area contributed by atoms with Crippen LogP contribution in [0.5, 0.6) is 5.75 Å². The fraction of sp³-hybridized carbons (Fsp3) is 0.250. The number of fused-ring (bicyclic) bond motifs is 1. The number of aromatic nitrogens is 1. The van der Waals surface area contributed by atoms with E-state index in [2.05, 4.69) is 10.3 Å². The zero-order chi connectivity index (χ0) is 8.39. The van der Waals surface area contributed by atoms with E-state index in [0.717, 1.165) is 12.4 Å². The molecule has 0 spiro atoms. The Hall–Kier alpha value is -1.76. The van der Waals surface area contributed by atoms with Crippen LogP contribution in [-0.4, -0.2) is 18.1 Å². The zero-order valence-electron chi connectivity index (χ0n) is 6.37. The van der Waals surface area contributed by atoms with Gasteiger partial charge in [-0.15, -0.1) is 0 Å². The molecule has 0 bridgehead atoms. The molecule has 1 aliphatic heterocycles. The second-order valence-corrected chi connectivity index (χ2v) is 2.46. The third-order valence-corrected chi connectivity index (χ3v) is 1.63. The average molecular weight is 161 g/mol. The number of hydrogen-bond acceptors (Lipinski definition) is 4. The van der Waals surface area contributed by atoms with Gasteiger partial charge in [-0.1, -0.05) is 0 Å². The molecule has 0 aromatic carbocycles. The molecule has 12 heavy (non-hydrogen) atoms. The van der Waals surface area contributed by atoms with Crippen molar-refractivity contribution in [2.24, 2.45) is 0 Å². The Morgan fingerprint density at radius 3 is 3.42 bits per heavy atom. The Bertz CT molecular complexity index is 343. The molecule has 2 rings (SSSR count). The van der Waals surface area contributed by atoms with Gasteiger partial charge in [-0.05, 0) is 0 Å². The van der Waals surface area contributed by atoms with Crippen LogP contribution in [0.2, 0.25) is 0 Å². The lowest BCUT2D eigenvalue weighted by atomic mass is 10.3. The first-order chi connectivity index (χ1) is 5.90. The number of pyridine rings is 1. The van der Waals surface area contributed by atoms with Crippen molar-refractivity contribution in [2.75, 3.05) is 18.5 Å². The maximum atomic E-state index is 8.57. The molecule has 0 saturated heterocycles. The lowest BCUT2D eigenvalue weighted by molar-refractivity contribution is 0.321. The molecule has 0 amide bonds. The van der Waals surface area contributed by atoms with Gasteiger partial charge >= 0.3 is 0 Å². The van der Waals surface area contributed by atoms with Crippen LogP contribution < -0.4 is 10.1 Å². The highest BCUT2D eigenvalue weighted by Crippen LogP contribution is 2.24. The lowest BCUT2D eigenvalue weighted by Gasteiger charge is -2.17. The molecule has 0 radical (unpaired) electrons. The smallest absolute Gasteiger partial charge is 0.168 e. The predicted octanol–water partition coefficient (Wildman–Crippen LogP) is 0.758. The number of nitrogens with zero attached hydrogens (tertiary/aromatic N) is 2. The van der Waals surface area contributed by atoms with E-state index in [1.165, 1.54) is 6.20 Å². The second kappa shape index (κ2) is 2.70. The molecule has 1 aromatic heterocycles. The molecule has 1 aliphatic rings. The summed E-state index contributed by atoms with van der Waals surface area (Å²) >= 11 is 0. The fourth-order valence-electron chi connectivity index (χ4n) is 1.08. The van der Waals surface area contributed by atoms with Crippen LogP contribution in [0.25, 0.3) is 0 Å². The highest BCUT2D eigenvalue weighted by molar-refractivity contribution is 5.54. The number of anilines is 1. The normalized spacial score (nSPS) is 13.6. The Kier molecular flexibility index (Phi) is 1.56. The molecule has 60 valence electrons. The van der Waals surface area contributed by atoms with Crippen LogP contribution in [0, 0.1) is 11.3 Å². The van der Waals surface area contributed by atoms with Crippen molar-refractivity contribution >= 4 is 5.82 Å². The predicted molar refractivity (Wildman–Crippen MR) is 42.9 cm³/mol. The molecule has 4 nitrogen and oxygen atoms in total. The molecule has 0 saturated carbocycles. The molecule has 4 heteroatoms. The number of ether oxygens (including phenoxy) is 1. The van der Waals surface area contributed by atoms with Crippen LogP contribution in [0.15, 0.2) is 12.3 Å². The summed E-state index contributed by atoms with van der Waals surface area (Å²) in [6.07, 6.45) is 1.53. The Morgan fingerprint density at radius 2 is 2.58 bits per heavy atom. The summed E-state index contributed by atoms with van der Waals surface area (Å²) in [5, 5.41) is 11.6. The van der Waals surface area contributed by atoms with Gasteiger partial charge in [-0.2, -0.15) is 5.26 Å². The first-order valence-electron chi connectivity index (χ1n) is 3.67. The second-order valence-electron chi connectivity index (χ2n) is 2.46. The van der Waals surface area contributed by atoms with E-state index < -0.39 is 0 Å². The summed E-state index contributed by atoms with van der Waals surface area (Å²) in [6, 6.07) is 3.70. The van der Waals surface area contributed by atoms with E-state index in [0.29, 0.717) is 17.9 Å². The molecule has 1 aromatic rings. The third kappa shape index (κ3) is 1.05. The first kappa shape index (κ1) is 6.92. The van der Waals surface area contributed by atoms with Gasteiger partial charge in [0, 0.05) is 12.3 Å². The number of nitrogens with one attached hydrogen (secondary N) is 1. The van der Waals surface area contributed by atoms with Crippen molar-refractivity contribution in [2.45, 2.75) is 0 Å². The first-order valence-corrected chi connectivity index (χ1v) is 3.67. The molecule has 0 unspecified atom stereocenters. The summed E-state index contributed by atoms with van der Waals surface area (Å²) in [7, 11) is 0. The Balaban J connectivity index is 2.44. The van der Waals surface area contributed by atoms with E-state index in [1.54, 1.807) is 6.07 Å². The van der Waals surface area contributed by atoms with Gasteiger partial charge in [0.05, 0.1) is 12.1 Å². The molecular formula is C8H7N3O. The van der Waals surface area contributed by atoms with Gasteiger partial charge < -0.3 is 10.1 Å². The number of rotatable bonds is 0. The Morgan fingerprint density at radius 1 is 1.67 bits per heavy atom. The van der Waals surface area contributed by atoms with Gasteiger partial charge in [0.1, 0.15) is 12.7 Å². The van der Waals surface area contributed by atoms with Gasteiger partial charge in [-0.3, -0.25) is 0 Å². The van der Waals surface area contributed by atoms with Gasteiger partial charge in [-0.25, -0.2) is 4.98 Å². The van der Waals surface area contributed by atoms with E-state index in [1.807, 2.05) is 6.07 Å². The SMILES string of the molecule is N#Cc1cnc2c(c1)OCCN2. The monoisotopic (exact) mass is 161 g/mol. The maximum absolute atomic E-state index is 8.57. The number of nitriles is 1. The van der Waals surface area contributed by atoms with Crippen molar-refractivity contribution in [1.29, 1.82) is 5.26 Å². The van der Waals surface area contributed by atoms with Crippen LogP contribution in [0.3, 0.4) is 0 Å². The highest BCUT2D eigenvalue weighted by Gasteiger charge is 2.10. The van der Waals surface area contributed by atoms with Crippen LogP contribution in [0.1, 0.15) is 5.56 Å². The van der Waals surface area contributed by atoms with Crippen molar-refractivity contribution in [3.63, 3.8) is 0 Å². The molecule has 0 fully saturated rings. The minimum Gasteiger partial charge on any atom is -0.488 e. The molecular weight excluding hydrogens is 154 g/mol. The van der Waals surface area contributed by atoms with E-state index in [-0.39, 0.29) is 0 Å². The van der Waals surface area contributed by atoms with Crippen molar-refractivity contribution < 1.29 is 4.74 Å². The number of hydrogen-bond donors (Lipinski definition) is 1. The summed E-state index contributed by atoms with van der Waals surface area (Å²) in [5.74, 6) is 1.39. The van der Waals surface area contributed by atoms with Crippen LogP contribution >= 0.6 is 0 Å². The summed E-state index contributed by atoms with van der Waals surface area (Å²) in [5.41, 5.74) is 0.525. The largest absolute Gasteiger partial charge is 0.488 e. The van der Waals surface area contributed by atoms with E-state index in [4.69, 9.17) is 10.00 Å². The Labute approximate surface area is 69.8 Å². The minimum atomic E-state index is 0.525. The molecule has 1 N–H and O–H groups in total. The molecule has 0 aliphatic carbocycles. The van der Waals surface area contributed by atoms with E-state index >= 15 is 0 Å². The lowest BCUT2D eigenvalue weighted by Crippen LogP contribution is -2.18. The highest BCUT2D eigenvalue weighted by atomic mass is 16.5. The van der Waals surface area contributed by atoms with E-state index in [9.17, 15) is 0 Å². The fourth-order valence-corrected chi connectivity index (χ4v) is 1.08.